The van der Waals surface area contributed by atoms with E-state index in [9.17, 15) is 5.11 Å². The van der Waals surface area contributed by atoms with Crippen LogP contribution in [0.1, 0.15) is 149 Å². The highest BCUT2D eigenvalue weighted by Gasteiger charge is 2.31. The summed E-state index contributed by atoms with van der Waals surface area (Å²) in [5, 5.41) is 12.7. The molecule has 0 amide bonds. The second-order valence-corrected chi connectivity index (χ2v) is 21.7. The summed E-state index contributed by atoms with van der Waals surface area (Å²) >= 11 is 0. The van der Waals surface area contributed by atoms with E-state index in [-0.39, 0.29) is 50.5 Å². The van der Waals surface area contributed by atoms with Gasteiger partial charge < -0.3 is 5.11 Å². The van der Waals surface area contributed by atoms with Crippen LogP contribution in [0.2, 0.25) is 0 Å². The number of rotatable bonds is 8. The monoisotopic (exact) mass is 878 g/mol. The van der Waals surface area contributed by atoms with Crippen LogP contribution in [0.25, 0.3) is 72.7 Å². The maximum absolute atomic E-state index is 12.7. The Labute approximate surface area is 403 Å². The van der Waals surface area contributed by atoms with Crippen molar-refractivity contribution in [3.05, 3.63) is 166 Å². The van der Waals surface area contributed by atoms with Gasteiger partial charge in [0.25, 0.3) is 0 Å². The smallest absolute Gasteiger partial charge is 0.149 e. The zero-order valence-electron chi connectivity index (χ0n) is 47.1. The summed E-state index contributed by atoms with van der Waals surface area (Å²) in [6, 6.07) is 40.1. The summed E-state index contributed by atoms with van der Waals surface area (Å²) in [5.41, 5.74) is 13.7. The van der Waals surface area contributed by atoms with Crippen molar-refractivity contribution in [1.82, 2.24) is 14.5 Å². The third-order valence-corrected chi connectivity index (χ3v) is 13.0. The Kier molecular flexibility index (Phi) is 10.1. The molecule has 0 aliphatic rings. The summed E-state index contributed by atoms with van der Waals surface area (Å²) in [7, 11) is 0. The number of aryl methyl sites for hydroxylation is 2. The highest BCUT2D eigenvalue weighted by atomic mass is 16.3. The summed E-state index contributed by atoms with van der Waals surface area (Å²) < 4.78 is 52.7. The van der Waals surface area contributed by atoms with Gasteiger partial charge in [-0.15, -0.1) is 0 Å². The number of phenolic OH excluding ortho intramolecular Hbond substituents is 1. The third kappa shape index (κ3) is 8.75. The van der Waals surface area contributed by atoms with Crippen molar-refractivity contribution in [2.24, 2.45) is 0 Å². The van der Waals surface area contributed by atoms with Gasteiger partial charge in [0, 0.05) is 31.1 Å². The number of imidazole rings is 1. The van der Waals surface area contributed by atoms with Gasteiger partial charge in [-0.2, -0.15) is 0 Å². The Morgan fingerprint density at radius 2 is 1.15 bits per heavy atom. The summed E-state index contributed by atoms with van der Waals surface area (Å²) in [5.74, 6) is 1.08. The van der Waals surface area contributed by atoms with Gasteiger partial charge in [-0.3, -0.25) is 9.55 Å². The molecule has 0 unspecified atom stereocenters. The molecule has 0 radical (unpaired) electrons. The molecule has 0 bridgehead atoms. The number of aromatic nitrogens is 3. The number of hydrogen-bond acceptors (Lipinski definition) is 3. The number of phenols is 1. The molecule has 338 valence electrons. The molecule has 4 nitrogen and oxygen atoms in total. The topological polar surface area (TPSA) is 50.9 Å². The van der Waals surface area contributed by atoms with Crippen molar-refractivity contribution < 1.29 is 13.3 Å². The number of fused-ring (bicyclic) bond motifs is 1. The summed E-state index contributed by atoms with van der Waals surface area (Å²) in [4.78, 5) is 10.6. The highest BCUT2D eigenvalue weighted by molar-refractivity contribution is 5.97. The minimum absolute atomic E-state index is 0.0277. The molecule has 0 aliphatic carbocycles. The predicted octanol–water partition coefficient (Wildman–Crippen LogP) is 17.2. The molecule has 0 saturated carbocycles. The molecule has 8 aromatic rings. The van der Waals surface area contributed by atoms with Crippen molar-refractivity contribution >= 4 is 11.0 Å². The van der Waals surface area contributed by atoms with Crippen molar-refractivity contribution in [3.8, 4) is 67.5 Å². The summed E-state index contributed by atoms with van der Waals surface area (Å²) in [6.45, 7) is 23.4. The maximum atomic E-state index is 12.7. The van der Waals surface area contributed by atoms with E-state index in [1.54, 1.807) is 18.3 Å². The summed E-state index contributed by atoms with van der Waals surface area (Å²) in [6.07, 6.45) is 1.62. The van der Waals surface area contributed by atoms with Crippen LogP contribution in [0.5, 0.6) is 5.75 Å². The lowest BCUT2D eigenvalue weighted by atomic mass is 9.78. The van der Waals surface area contributed by atoms with Gasteiger partial charge in [0.2, 0.25) is 0 Å². The fourth-order valence-electron chi connectivity index (χ4n) is 9.14. The Balaban J connectivity index is 1.47. The van der Waals surface area contributed by atoms with Crippen molar-refractivity contribution in [2.75, 3.05) is 0 Å². The highest BCUT2D eigenvalue weighted by Crippen LogP contribution is 2.47. The van der Waals surface area contributed by atoms with Crippen LogP contribution < -0.4 is 0 Å². The molecular weight excluding hydrogens is 803 g/mol. The molecule has 1 N–H and O–H groups in total. The normalized spacial score (nSPS) is 14.2. The van der Waals surface area contributed by atoms with Gasteiger partial charge in [0.15, 0.2) is 0 Å². The lowest BCUT2D eigenvalue weighted by molar-refractivity contribution is 0.446. The van der Waals surface area contributed by atoms with Crippen LogP contribution in [0.4, 0.5) is 0 Å². The van der Waals surface area contributed by atoms with Gasteiger partial charge in [-0.1, -0.05) is 163 Å². The van der Waals surface area contributed by atoms with Gasteiger partial charge >= 0.3 is 0 Å². The van der Waals surface area contributed by atoms with Crippen LogP contribution >= 0.6 is 0 Å². The van der Waals surface area contributed by atoms with E-state index in [2.05, 4.69) is 180 Å². The maximum Gasteiger partial charge on any atom is 0.149 e. The molecule has 0 saturated heterocycles. The Morgan fingerprint density at radius 1 is 0.545 bits per heavy atom. The molecule has 2 heterocycles. The van der Waals surface area contributed by atoms with Crippen LogP contribution in [0, 0.1) is 13.7 Å². The average Bonchev–Trinajstić information content (AvgIpc) is 3.68. The third-order valence-electron chi connectivity index (χ3n) is 13.0. The van der Waals surface area contributed by atoms with Crippen LogP contribution in [-0.2, 0) is 16.2 Å². The van der Waals surface area contributed by atoms with Crippen molar-refractivity contribution in [2.45, 2.75) is 132 Å². The van der Waals surface area contributed by atoms with Crippen LogP contribution in [-0.4, -0.2) is 19.6 Å². The van der Waals surface area contributed by atoms with Crippen molar-refractivity contribution in [1.29, 1.82) is 0 Å². The van der Waals surface area contributed by atoms with Gasteiger partial charge in [-0.05, 0) is 152 Å². The van der Waals surface area contributed by atoms with E-state index in [0.29, 0.717) is 22.6 Å². The first-order chi connectivity index (χ1) is 33.4. The quantitative estimate of drug-likeness (QED) is 0.165. The molecule has 6 aromatic carbocycles. The first-order valence-electron chi connectivity index (χ1n) is 26.3. The Morgan fingerprint density at radius 3 is 1.74 bits per heavy atom. The largest absolute Gasteiger partial charge is 0.507 e. The number of nitrogens with zero attached hydrogens (tertiary/aromatic N) is 3. The van der Waals surface area contributed by atoms with E-state index in [0.717, 1.165) is 61.2 Å². The molecule has 2 aromatic heterocycles. The first-order valence-corrected chi connectivity index (χ1v) is 23.3. The van der Waals surface area contributed by atoms with E-state index >= 15 is 0 Å². The number of aromatic hydroxyl groups is 1. The van der Waals surface area contributed by atoms with E-state index < -0.39 is 13.7 Å². The van der Waals surface area contributed by atoms with Crippen LogP contribution in [0.3, 0.4) is 0 Å². The molecule has 0 fully saturated rings. The lowest BCUT2D eigenvalue weighted by Gasteiger charge is -2.28. The number of hydrogen-bond donors (Lipinski definition) is 1. The second-order valence-electron chi connectivity index (χ2n) is 21.7. The van der Waals surface area contributed by atoms with Gasteiger partial charge in [0.1, 0.15) is 11.6 Å². The molecule has 0 spiro atoms. The minimum atomic E-state index is -2.56. The SMILES string of the molecule is [2H]C([2H])([2H])c1cccc(C([2H])([2H])[2H])c1-c1ccnc(-c2cc(-c3cccc4c3nc(-c3cc(C(C)(C)C)cc(C(C)(C)C)c3O)n4-c3c(C(C)C)cc(-c4ccccc4)cc3C(C)C)cc(C(C)(C)C)c2)c1. The lowest BCUT2D eigenvalue weighted by Crippen LogP contribution is -2.17. The number of benzene rings is 6. The zero-order valence-corrected chi connectivity index (χ0v) is 41.1. The van der Waals surface area contributed by atoms with E-state index in [4.69, 9.17) is 18.2 Å². The van der Waals surface area contributed by atoms with Crippen LogP contribution in [0.15, 0.2) is 128 Å². The molecule has 66 heavy (non-hydrogen) atoms. The van der Waals surface area contributed by atoms with E-state index in [1.807, 2.05) is 6.07 Å². The molecular formula is C62H69N3O. The Bertz CT molecular complexity index is 3280. The van der Waals surface area contributed by atoms with Gasteiger partial charge in [-0.25, -0.2) is 4.98 Å². The molecule has 0 aliphatic heterocycles. The number of para-hydroxylation sites is 1. The minimum Gasteiger partial charge on any atom is -0.507 e. The second kappa shape index (κ2) is 17.2. The fourth-order valence-corrected chi connectivity index (χ4v) is 9.14. The molecule has 8 rings (SSSR count). The predicted molar refractivity (Wildman–Crippen MR) is 281 cm³/mol. The standard InChI is InChI=1S/C62H69N3O/c1-37(2)49-32-43(41-23-17-16-18-24-41)33-50(38(3)4)57(49)65-54-26-20-25-48(56(54)64-59(65)51-35-47(61(10,11)12)36-52(58(51)66)62(13,14)15)44-29-45(31-46(30-44)60(7,8)9)53-34-42(27-28-63-53)55-39(5)21-19-22-40(55)6/h16-38,66H,1-15H3/i5D3,6D3. The zero-order chi connectivity index (χ0) is 52.6. The average molecular weight is 878 g/mol. The van der Waals surface area contributed by atoms with Gasteiger partial charge in [0.05, 0.1) is 28.0 Å². The molecule has 4 heteroatoms. The number of pyridine rings is 1. The first kappa shape index (κ1) is 39.0. The van der Waals surface area contributed by atoms with E-state index in [1.165, 1.54) is 29.3 Å². The fraction of sp³-hybridized carbons (Fsp3) is 0.323. The molecule has 0 atom stereocenters. The Hall–Kier alpha value is -6.26. The van der Waals surface area contributed by atoms with Crippen molar-refractivity contribution in [3.63, 3.8) is 0 Å².